The van der Waals surface area contributed by atoms with Crippen molar-refractivity contribution in [3.05, 3.63) is 81.2 Å². The summed E-state index contributed by atoms with van der Waals surface area (Å²) in [6.07, 6.45) is -3.36. The predicted molar refractivity (Wildman–Crippen MR) is 96.0 cm³/mol. The summed E-state index contributed by atoms with van der Waals surface area (Å²) in [5, 5.41) is -0.462. The third-order valence-electron chi connectivity index (χ3n) is 3.92. The highest BCUT2D eigenvalue weighted by Gasteiger charge is 2.37. The van der Waals surface area contributed by atoms with Gasteiger partial charge in [-0.05, 0) is 11.6 Å². The molecular formula is C19H14ClF3N2O2. The molecule has 3 aromatic rings. The molecule has 0 atom stereocenters. The van der Waals surface area contributed by atoms with Crippen molar-refractivity contribution in [2.24, 2.45) is 0 Å². The Morgan fingerprint density at radius 3 is 2.44 bits per heavy atom. The molecule has 0 unspecified atom stereocenters. The van der Waals surface area contributed by atoms with Crippen LogP contribution in [0.1, 0.15) is 11.1 Å². The van der Waals surface area contributed by atoms with Crippen LogP contribution in [0.15, 0.2) is 59.5 Å². The molecule has 1 aromatic heterocycles. The minimum atomic E-state index is -4.71. The fourth-order valence-electron chi connectivity index (χ4n) is 2.73. The molecule has 0 spiro atoms. The number of hydrogen-bond acceptors (Lipinski definition) is 3. The van der Waals surface area contributed by atoms with Crippen LogP contribution in [-0.4, -0.2) is 16.7 Å². The molecule has 27 heavy (non-hydrogen) atoms. The average Bonchev–Trinajstić information content (AvgIpc) is 2.62. The first-order chi connectivity index (χ1) is 12.8. The number of halogens is 4. The maximum absolute atomic E-state index is 13.6. The molecule has 0 saturated carbocycles. The Labute approximate surface area is 157 Å². The highest BCUT2D eigenvalue weighted by atomic mass is 35.5. The number of alkyl halides is 3. The van der Waals surface area contributed by atoms with Crippen LogP contribution in [0.5, 0.6) is 5.75 Å². The van der Waals surface area contributed by atoms with E-state index in [-0.39, 0.29) is 23.7 Å². The minimum absolute atomic E-state index is 0.0646. The van der Waals surface area contributed by atoms with Crippen molar-refractivity contribution in [3.8, 4) is 17.1 Å². The molecule has 1 heterocycles. The van der Waals surface area contributed by atoms with Gasteiger partial charge in [0.05, 0.1) is 23.9 Å². The number of hydrogen-bond donors (Lipinski definition) is 0. The van der Waals surface area contributed by atoms with E-state index in [2.05, 4.69) is 4.98 Å². The number of benzene rings is 2. The van der Waals surface area contributed by atoms with Gasteiger partial charge in [0.15, 0.2) is 0 Å². The highest BCUT2D eigenvalue weighted by molar-refractivity contribution is 6.31. The fraction of sp³-hybridized carbons (Fsp3) is 0.158. The van der Waals surface area contributed by atoms with Crippen LogP contribution in [0.2, 0.25) is 5.02 Å². The van der Waals surface area contributed by atoms with E-state index in [1.54, 1.807) is 0 Å². The van der Waals surface area contributed by atoms with Gasteiger partial charge in [0.2, 0.25) is 5.75 Å². The lowest BCUT2D eigenvalue weighted by molar-refractivity contribution is -0.137. The Hall–Kier alpha value is -2.80. The van der Waals surface area contributed by atoms with Gasteiger partial charge in [-0.15, -0.1) is 0 Å². The summed E-state index contributed by atoms with van der Waals surface area (Å²) in [5.74, 6) is -0.204. The van der Waals surface area contributed by atoms with Crippen molar-refractivity contribution < 1.29 is 17.9 Å². The summed E-state index contributed by atoms with van der Waals surface area (Å²) in [7, 11) is 1.30. The first-order valence-corrected chi connectivity index (χ1v) is 8.24. The second-order valence-corrected chi connectivity index (χ2v) is 6.12. The molecular weight excluding hydrogens is 381 g/mol. The lowest BCUT2D eigenvalue weighted by Gasteiger charge is -2.18. The number of methoxy groups -OCH3 is 1. The molecule has 0 aliphatic heterocycles. The third kappa shape index (κ3) is 3.98. The van der Waals surface area contributed by atoms with Gasteiger partial charge in [-0.1, -0.05) is 54.1 Å². The molecule has 0 aliphatic rings. The average molecular weight is 395 g/mol. The summed E-state index contributed by atoms with van der Waals surface area (Å²) in [5.41, 5.74) is -1.25. The van der Waals surface area contributed by atoms with Crippen molar-refractivity contribution in [2.75, 3.05) is 7.11 Å². The molecule has 4 nitrogen and oxygen atoms in total. The van der Waals surface area contributed by atoms with E-state index < -0.39 is 22.3 Å². The summed E-state index contributed by atoms with van der Waals surface area (Å²) in [6, 6.07) is 12.9. The molecule has 0 bridgehead atoms. The van der Waals surface area contributed by atoms with Gasteiger partial charge in [-0.2, -0.15) is 18.2 Å². The van der Waals surface area contributed by atoms with Crippen LogP contribution in [0.4, 0.5) is 13.2 Å². The monoisotopic (exact) mass is 394 g/mol. The van der Waals surface area contributed by atoms with Gasteiger partial charge in [0.1, 0.15) is 5.82 Å². The summed E-state index contributed by atoms with van der Waals surface area (Å²) in [6.45, 7) is 0.198. The first kappa shape index (κ1) is 19.0. The SMILES string of the molecule is COc1cn(Cc2ccccc2)c(-c2cccc(Cl)c2C(F)(F)F)nc1=O. The number of aromatic nitrogens is 2. The van der Waals surface area contributed by atoms with E-state index in [4.69, 9.17) is 16.3 Å². The van der Waals surface area contributed by atoms with Crippen LogP contribution in [0.3, 0.4) is 0 Å². The molecule has 0 fully saturated rings. The van der Waals surface area contributed by atoms with Gasteiger partial charge in [0.25, 0.3) is 0 Å². The van der Waals surface area contributed by atoms with Crippen molar-refractivity contribution in [2.45, 2.75) is 12.7 Å². The Balaban J connectivity index is 2.26. The van der Waals surface area contributed by atoms with Crippen molar-refractivity contribution in [1.82, 2.24) is 9.55 Å². The quantitative estimate of drug-likeness (QED) is 0.647. The lowest BCUT2D eigenvalue weighted by Crippen LogP contribution is -2.19. The largest absolute Gasteiger partial charge is 0.490 e. The lowest BCUT2D eigenvalue weighted by atomic mass is 10.1. The summed E-state index contributed by atoms with van der Waals surface area (Å²) < 4.78 is 47.2. The fourth-order valence-corrected chi connectivity index (χ4v) is 3.01. The van der Waals surface area contributed by atoms with E-state index in [0.29, 0.717) is 0 Å². The molecule has 0 aliphatic carbocycles. The van der Waals surface area contributed by atoms with Gasteiger partial charge >= 0.3 is 11.7 Å². The Morgan fingerprint density at radius 1 is 1.11 bits per heavy atom. The Bertz CT molecular complexity index is 1020. The molecule has 2 aromatic carbocycles. The maximum atomic E-state index is 13.6. The zero-order chi connectivity index (χ0) is 19.6. The number of ether oxygens (including phenoxy) is 1. The standard InChI is InChI=1S/C19H14ClF3N2O2/c1-27-15-11-25(10-12-6-3-2-4-7-12)17(24-18(15)26)13-8-5-9-14(20)16(13)19(21,22)23/h2-9,11H,10H2,1H3. The molecule has 0 saturated heterocycles. The second-order valence-electron chi connectivity index (χ2n) is 5.71. The molecule has 3 rings (SSSR count). The molecule has 140 valence electrons. The first-order valence-electron chi connectivity index (χ1n) is 7.86. The van der Waals surface area contributed by atoms with Gasteiger partial charge in [-0.3, -0.25) is 4.79 Å². The molecule has 8 heteroatoms. The maximum Gasteiger partial charge on any atom is 0.418 e. The predicted octanol–water partition coefficient (Wildman–Crippen LogP) is 4.64. The topological polar surface area (TPSA) is 44.1 Å². The van der Waals surface area contributed by atoms with Gasteiger partial charge < -0.3 is 9.30 Å². The van der Waals surface area contributed by atoms with Crippen LogP contribution >= 0.6 is 11.6 Å². The Kier molecular flexibility index (Phi) is 5.23. The van der Waals surface area contributed by atoms with Crippen LogP contribution in [-0.2, 0) is 12.7 Å². The molecule has 0 N–H and O–H groups in total. The van der Waals surface area contributed by atoms with Crippen molar-refractivity contribution in [1.29, 1.82) is 0 Å². The highest BCUT2D eigenvalue weighted by Crippen LogP contribution is 2.40. The number of nitrogens with zero attached hydrogens (tertiary/aromatic N) is 2. The van der Waals surface area contributed by atoms with Gasteiger partial charge in [-0.25, -0.2) is 0 Å². The Morgan fingerprint density at radius 2 is 1.81 bits per heavy atom. The number of rotatable bonds is 4. The summed E-state index contributed by atoms with van der Waals surface area (Å²) in [4.78, 5) is 16.0. The van der Waals surface area contributed by atoms with E-state index in [0.717, 1.165) is 11.6 Å². The normalized spacial score (nSPS) is 11.4. The van der Waals surface area contributed by atoms with E-state index in [1.165, 1.54) is 30.0 Å². The van der Waals surface area contributed by atoms with Crippen molar-refractivity contribution in [3.63, 3.8) is 0 Å². The minimum Gasteiger partial charge on any atom is -0.490 e. The molecule has 0 amide bonds. The van der Waals surface area contributed by atoms with Crippen LogP contribution in [0, 0.1) is 0 Å². The zero-order valence-corrected chi connectivity index (χ0v) is 14.9. The van der Waals surface area contributed by atoms with Gasteiger partial charge in [0, 0.05) is 12.1 Å². The second kappa shape index (κ2) is 7.44. The van der Waals surface area contributed by atoms with Crippen LogP contribution in [0.25, 0.3) is 11.4 Å². The molecule has 0 radical (unpaired) electrons. The van der Waals surface area contributed by atoms with E-state index >= 15 is 0 Å². The summed E-state index contributed by atoms with van der Waals surface area (Å²) >= 11 is 5.81. The van der Waals surface area contributed by atoms with E-state index in [1.807, 2.05) is 30.3 Å². The van der Waals surface area contributed by atoms with Crippen molar-refractivity contribution >= 4 is 11.6 Å². The smallest absolute Gasteiger partial charge is 0.418 e. The zero-order valence-electron chi connectivity index (χ0n) is 14.1. The third-order valence-corrected chi connectivity index (χ3v) is 4.23. The van der Waals surface area contributed by atoms with Crippen LogP contribution < -0.4 is 10.3 Å². The van der Waals surface area contributed by atoms with E-state index in [9.17, 15) is 18.0 Å².